The second-order valence-electron chi connectivity index (χ2n) is 3.93. The van der Waals surface area contributed by atoms with Crippen LogP contribution in [0.3, 0.4) is 0 Å². The van der Waals surface area contributed by atoms with Crippen LogP contribution in [-0.2, 0) is 10.1 Å². The van der Waals surface area contributed by atoms with Gasteiger partial charge in [0.25, 0.3) is 16.0 Å². The monoisotopic (exact) mass is 273 g/mol. The van der Waals surface area contributed by atoms with Crippen molar-refractivity contribution in [2.45, 2.75) is 13.3 Å². The number of rotatable bonds is 5. The Bertz CT molecular complexity index is 509. The number of aryl methyl sites for hydroxylation is 1. The molecular weight excluding hydrogens is 258 g/mol. The predicted octanol–water partition coefficient (Wildman–Crippen LogP) is 1.10. The van der Waals surface area contributed by atoms with Gasteiger partial charge in [0, 0.05) is 12.1 Å². The normalized spacial score (nSPS) is 11.3. The highest BCUT2D eigenvalue weighted by atomic mass is 32.2. The molecule has 0 bridgehead atoms. The number of amides is 1. The Morgan fingerprint density at radius 2 is 1.83 bits per heavy atom. The van der Waals surface area contributed by atoms with E-state index in [-0.39, 0.29) is 13.0 Å². The Balaban J connectivity index is 2.54. The number of carbonyl (C=O) groups excluding carboxylic acids is 1. The zero-order valence-electron chi connectivity index (χ0n) is 9.91. The molecule has 0 fully saturated rings. The molecule has 100 valence electrons. The van der Waals surface area contributed by atoms with Crippen molar-refractivity contribution in [3.63, 3.8) is 0 Å². The quantitative estimate of drug-likeness (QED) is 0.476. The SMILES string of the molecule is Cc1ccc(C(=O)N(O)CCCS(=O)(=O)O)cc1. The van der Waals surface area contributed by atoms with Gasteiger partial charge >= 0.3 is 0 Å². The number of hydrogen-bond acceptors (Lipinski definition) is 4. The highest BCUT2D eigenvalue weighted by Gasteiger charge is 2.14. The molecule has 0 atom stereocenters. The zero-order chi connectivity index (χ0) is 13.8. The zero-order valence-corrected chi connectivity index (χ0v) is 10.7. The van der Waals surface area contributed by atoms with Crippen LogP contribution in [-0.4, -0.2) is 41.4 Å². The fourth-order valence-electron chi connectivity index (χ4n) is 1.34. The third-order valence-electron chi connectivity index (χ3n) is 2.31. The van der Waals surface area contributed by atoms with Crippen LogP contribution in [0.4, 0.5) is 0 Å². The molecule has 6 nitrogen and oxygen atoms in total. The summed E-state index contributed by atoms with van der Waals surface area (Å²) >= 11 is 0. The first-order valence-corrected chi connectivity index (χ1v) is 6.93. The Hall–Kier alpha value is -1.44. The van der Waals surface area contributed by atoms with Gasteiger partial charge in [0.05, 0.1) is 5.75 Å². The standard InChI is InChI=1S/C11H15NO5S/c1-9-3-5-10(6-4-9)11(13)12(14)7-2-8-18(15,16)17/h3-6,14H,2,7-8H2,1H3,(H,15,16,17). The molecule has 0 aliphatic heterocycles. The van der Waals surface area contributed by atoms with Crippen LogP contribution < -0.4 is 0 Å². The predicted molar refractivity (Wildman–Crippen MR) is 65.0 cm³/mol. The van der Waals surface area contributed by atoms with Crippen LogP contribution in [0, 0.1) is 6.92 Å². The first-order valence-electron chi connectivity index (χ1n) is 5.32. The van der Waals surface area contributed by atoms with Crippen LogP contribution in [0.25, 0.3) is 0 Å². The average Bonchev–Trinajstić information content (AvgIpc) is 2.27. The Morgan fingerprint density at radius 1 is 1.28 bits per heavy atom. The highest BCUT2D eigenvalue weighted by molar-refractivity contribution is 7.85. The minimum absolute atomic E-state index is 0.0348. The maximum absolute atomic E-state index is 11.7. The van der Waals surface area contributed by atoms with Crippen LogP contribution in [0.5, 0.6) is 0 Å². The van der Waals surface area contributed by atoms with Crippen LogP contribution in [0.1, 0.15) is 22.3 Å². The molecule has 1 rings (SSSR count). The molecular formula is C11H15NO5S. The summed E-state index contributed by atoms with van der Waals surface area (Å²) < 4.78 is 29.4. The van der Waals surface area contributed by atoms with Crippen molar-refractivity contribution in [2.75, 3.05) is 12.3 Å². The third-order valence-corrected chi connectivity index (χ3v) is 3.11. The van der Waals surface area contributed by atoms with E-state index in [1.165, 1.54) is 0 Å². The van der Waals surface area contributed by atoms with Crippen molar-refractivity contribution in [3.8, 4) is 0 Å². The van der Waals surface area contributed by atoms with Gasteiger partial charge in [-0.15, -0.1) is 0 Å². The van der Waals surface area contributed by atoms with Crippen LogP contribution in [0.2, 0.25) is 0 Å². The summed E-state index contributed by atoms with van der Waals surface area (Å²) in [6, 6.07) is 6.62. The summed E-state index contributed by atoms with van der Waals surface area (Å²) in [6.45, 7) is 1.71. The van der Waals surface area contributed by atoms with Crippen molar-refractivity contribution < 1.29 is 23.0 Å². The second-order valence-corrected chi connectivity index (χ2v) is 5.51. The number of hydroxylamine groups is 2. The molecule has 18 heavy (non-hydrogen) atoms. The molecule has 1 aromatic carbocycles. The van der Waals surface area contributed by atoms with Crippen molar-refractivity contribution >= 4 is 16.0 Å². The number of nitrogens with zero attached hydrogens (tertiary/aromatic N) is 1. The molecule has 0 heterocycles. The van der Waals surface area contributed by atoms with Gasteiger partial charge in [-0.3, -0.25) is 14.6 Å². The van der Waals surface area contributed by atoms with Crippen LogP contribution >= 0.6 is 0 Å². The minimum Gasteiger partial charge on any atom is -0.286 e. The van der Waals surface area contributed by atoms with Gasteiger partial charge in [-0.1, -0.05) is 17.7 Å². The van der Waals surface area contributed by atoms with Gasteiger partial charge < -0.3 is 0 Å². The van der Waals surface area contributed by atoms with E-state index in [0.717, 1.165) is 5.56 Å². The smallest absolute Gasteiger partial charge is 0.277 e. The molecule has 0 saturated heterocycles. The highest BCUT2D eigenvalue weighted by Crippen LogP contribution is 2.06. The molecule has 1 aromatic rings. The van der Waals surface area contributed by atoms with E-state index in [0.29, 0.717) is 10.6 Å². The van der Waals surface area contributed by atoms with Gasteiger partial charge in [0.15, 0.2) is 0 Å². The van der Waals surface area contributed by atoms with Gasteiger partial charge in [-0.25, -0.2) is 5.06 Å². The topological polar surface area (TPSA) is 94.9 Å². The summed E-state index contributed by atoms with van der Waals surface area (Å²) in [5, 5.41) is 9.88. The van der Waals surface area contributed by atoms with Crippen molar-refractivity contribution in [2.24, 2.45) is 0 Å². The Kier molecular flexibility index (Phi) is 4.83. The summed E-state index contributed by atoms with van der Waals surface area (Å²) in [6.07, 6.45) is -0.0348. The molecule has 1 amide bonds. The van der Waals surface area contributed by atoms with E-state index in [9.17, 15) is 18.4 Å². The minimum atomic E-state index is -4.06. The fraction of sp³-hybridized carbons (Fsp3) is 0.364. The van der Waals surface area contributed by atoms with Crippen molar-refractivity contribution in [1.29, 1.82) is 0 Å². The van der Waals surface area contributed by atoms with Gasteiger partial charge in [-0.2, -0.15) is 8.42 Å². The number of benzene rings is 1. The maximum Gasteiger partial charge on any atom is 0.277 e. The third kappa shape index (κ3) is 4.82. The molecule has 0 aromatic heterocycles. The van der Waals surface area contributed by atoms with E-state index >= 15 is 0 Å². The molecule has 7 heteroatoms. The molecule has 0 radical (unpaired) electrons. The van der Waals surface area contributed by atoms with E-state index in [4.69, 9.17) is 4.55 Å². The lowest BCUT2D eigenvalue weighted by molar-refractivity contribution is -0.0577. The van der Waals surface area contributed by atoms with Gasteiger partial charge in [0.2, 0.25) is 0 Å². The summed E-state index contributed by atoms with van der Waals surface area (Å²) in [5.41, 5.74) is 1.30. The first-order chi connectivity index (χ1) is 8.29. The second kappa shape index (κ2) is 5.94. The summed E-state index contributed by atoms with van der Waals surface area (Å²) in [4.78, 5) is 11.7. The molecule has 0 aliphatic rings. The van der Waals surface area contributed by atoms with Crippen LogP contribution in [0.15, 0.2) is 24.3 Å². The molecule has 0 unspecified atom stereocenters. The first kappa shape index (κ1) is 14.6. The van der Waals surface area contributed by atoms with E-state index in [1.807, 2.05) is 6.92 Å². The van der Waals surface area contributed by atoms with Gasteiger partial charge in [0.1, 0.15) is 0 Å². The van der Waals surface area contributed by atoms with Gasteiger partial charge in [-0.05, 0) is 25.5 Å². The molecule has 0 spiro atoms. The van der Waals surface area contributed by atoms with Crippen molar-refractivity contribution in [3.05, 3.63) is 35.4 Å². The molecule has 0 aliphatic carbocycles. The number of carbonyl (C=O) groups is 1. The Morgan fingerprint density at radius 3 is 2.33 bits per heavy atom. The average molecular weight is 273 g/mol. The maximum atomic E-state index is 11.7. The van der Waals surface area contributed by atoms with E-state index in [2.05, 4.69) is 0 Å². The largest absolute Gasteiger partial charge is 0.286 e. The van der Waals surface area contributed by atoms with E-state index < -0.39 is 21.8 Å². The lowest BCUT2D eigenvalue weighted by Crippen LogP contribution is -2.29. The van der Waals surface area contributed by atoms with E-state index in [1.54, 1.807) is 24.3 Å². The summed E-state index contributed by atoms with van der Waals surface area (Å²) in [5.74, 6) is -1.10. The molecule has 2 N–H and O–H groups in total. The lowest BCUT2D eigenvalue weighted by Gasteiger charge is -2.14. The number of hydrogen-bond donors (Lipinski definition) is 2. The summed E-state index contributed by atoms with van der Waals surface area (Å²) in [7, 11) is -4.06. The fourth-order valence-corrected chi connectivity index (χ4v) is 1.84. The lowest BCUT2D eigenvalue weighted by atomic mass is 10.1. The Labute approximate surface area is 106 Å². The van der Waals surface area contributed by atoms with Crippen molar-refractivity contribution in [1.82, 2.24) is 5.06 Å². The molecule has 0 saturated carbocycles.